The second kappa shape index (κ2) is 12.2. The summed E-state index contributed by atoms with van der Waals surface area (Å²) in [6.07, 6.45) is 1.64. The number of rotatable bonds is 4. The van der Waals surface area contributed by atoms with E-state index >= 15 is 0 Å². The third kappa shape index (κ3) is 6.38. The molecule has 0 atom stereocenters. The van der Waals surface area contributed by atoms with Gasteiger partial charge in [0.25, 0.3) is 0 Å². The van der Waals surface area contributed by atoms with Gasteiger partial charge in [0.2, 0.25) is 0 Å². The van der Waals surface area contributed by atoms with Crippen molar-refractivity contribution in [1.82, 2.24) is 4.98 Å². The van der Waals surface area contributed by atoms with Crippen molar-refractivity contribution < 1.29 is 24.2 Å². The normalized spacial score (nSPS) is 11.6. The molecule has 0 spiro atoms. The number of pyridine rings is 1. The average molecular weight is 620 g/mol. The van der Waals surface area contributed by atoms with Crippen LogP contribution in [0.4, 0.5) is 0 Å². The fraction of sp³-hybridized carbons (Fsp3) is 0.0938. The summed E-state index contributed by atoms with van der Waals surface area (Å²) < 4.78 is 22.3. The van der Waals surface area contributed by atoms with E-state index in [0.717, 1.165) is 11.1 Å². The van der Waals surface area contributed by atoms with Gasteiger partial charge in [-0.05, 0) is 24.1 Å². The van der Waals surface area contributed by atoms with Crippen molar-refractivity contribution in [2.24, 2.45) is 0 Å². The first kappa shape index (κ1) is 21.2. The van der Waals surface area contributed by atoms with Gasteiger partial charge in [-0.1, -0.05) is 56.3 Å². The molecule has 1 nitrogen and oxygen atoms in total. The summed E-state index contributed by atoms with van der Waals surface area (Å²) in [6.45, 7) is 4.52. The number of aromatic nitrogens is 1. The van der Waals surface area contributed by atoms with Crippen LogP contribution in [0, 0.1) is 18.2 Å². The second-order valence-electron chi connectivity index (χ2n) is 8.05. The number of benzene rings is 4. The number of hydrogen-bond donors (Lipinski definition) is 0. The van der Waals surface area contributed by atoms with Crippen LogP contribution in [-0.4, -0.2) is 4.98 Å². The Kier molecular flexibility index (Phi) is 7.64. The minimum Gasteiger partial charge on any atom is -0.305 e. The van der Waals surface area contributed by atoms with Gasteiger partial charge in [-0.15, -0.1) is 53.5 Å². The summed E-state index contributed by atoms with van der Waals surface area (Å²) in [5.41, 5.74) is 6.01. The summed E-state index contributed by atoms with van der Waals surface area (Å²) in [6, 6.07) is 41.1. The first-order valence-corrected chi connectivity index (χ1v) is 10.8. The molecule has 0 aliphatic heterocycles. The van der Waals surface area contributed by atoms with Crippen LogP contribution < -0.4 is 0 Å². The molecule has 0 bridgehead atoms. The molecule has 1 heterocycles. The second-order valence-corrected chi connectivity index (χ2v) is 8.05. The summed E-state index contributed by atoms with van der Waals surface area (Å²) >= 11 is 0. The van der Waals surface area contributed by atoms with Crippen LogP contribution in [0.25, 0.3) is 22.4 Å². The van der Waals surface area contributed by atoms with E-state index in [1.807, 2.05) is 30.3 Å². The molecule has 0 fully saturated rings. The van der Waals surface area contributed by atoms with Crippen molar-refractivity contribution >= 4 is 0 Å². The zero-order valence-electron chi connectivity index (χ0n) is 22.1. The van der Waals surface area contributed by atoms with Crippen molar-refractivity contribution in [3.63, 3.8) is 0 Å². The Labute approximate surface area is 221 Å². The molecular weight excluding hydrogens is 591 g/mol. The summed E-state index contributed by atoms with van der Waals surface area (Å²) in [7, 11) is 0. The molecule has 0 amide bonds. The molecule has 0 saturated heterocycles. The quantitative estimate of drug-likeness (QED) is 0.187. The Morgan fingerprint density at radius 3 is 2.15 bits per heavy atom. The number of nitrogens with zero attached hydrogens (tertiary/aromatic N) is 1. The molecule has 4 aromatic carbocycles. The molecule has 5 rings (SSSR count). The van der Waals surface area contributed by atoms with Gasteiger partial charge in [0.05, 0.1) is 0 Å². The van der Waals surface area contributed by atoms with E-state index < -0.39 is 0 Å². The molecule has 0 unspecified atom stereocenters. The molecule has 0 saturated carbocycles. The van der Waals surface area contributed by atoms with E-state index in [0.29, 0.717) is 11.3 Å². The van der Waals surface area contributed by atoms with Crippen LogP contribution in [0.3, 0.4) is 0 Å². The van der Waals surface area contributed by atoms with Crippen molar-refractivity contribution in [1.29, 1.82) is 0 Å². The van der Waals surface area contributed by atoms with Gasteiger partial charge in [-0.25, -0.2) is 11.1 Å². The Morgan fingerprint density at radius 2 is 1.44 bits per heavy atom. The number of hydrogen-bond acceptors (Lipinski definition) is 1. The van der Waals surface area contributed by atoms with E-state index in [1.54, 1.807) is 18.3 Å². The molecule has 168 valence electrons. The van der Waals surface area contributed by atoms with Gasteiger partial charge in [0.15, 0.2) is 0 Å². The molecule has 5 aromatic rings. The van der Waals surface area contributed by atoms with Crippen molar-refractivity contribution in [2.75, 3.05) is 0 Å². The van der Waals surface area contributed by atoms with E-state index in [9.17, 15) is 0 Å². The smallest absolute Gasteiger partial charge is 0.305 e. The Balaban J connectivity index is 0.000000211. The van der Waals surface area contributed by atoms with E-state index in [4.69, 9.17) is 4.11 Å². The molecule has 0 aliphatic rings. The Bertz CT molecular complexity index is 1400. The maximum absolute atomic E-state index is 7.50. The van der Waals surface area contributed by atoms with Gasteiger partial charge >= 0.3 is 20.1 Å². The van der Waals surface area contributed by atoms with Crippen LogP contribution in [0.1, 0.15) is 29.1 Å². The third-order valence-corrected chi connectivity index (χ3v) is 5.51. The minimum absolute atomic E-state index is 0. The van der Waals surface area contributed by atoms with Crippen molar-refractivity contribution in [2.45, 2.75) is 19.3 Å². The Morgan fingerprint density at radius 1 is 0.676 bits per heavy atom. The SMILES string of the molecule is CC(C)(c1ccccc1)c1cc[c-]c(-c2[c-]cccc2)c1.[2H]c1[c-]c(-c2ccccn2)cc([2H])c1[2H].[Ir+3]. The van der Waals surface area contributed by atoms with Gasteiger partial charge < -0.3 is 4.98 Å². The molecular formula is C32H26IrN. The van der Waals surface area contributed by atoms with Gasteiger partial charge in [-0.3, -0.25) is 0 Å². The molecule has 0 radical (unpaired) electrons. The van der Waals surface area contributed by atoms with Crippen molar-refractivity contribution in [3.8, 4) is 22.4 Å². The topological polar surface area (TPSA) is 12.9 Å². The zero-order valence-corrected chi connectivity index (χ0v) is 21.5. The summed E-state index contributed by atoms with van der Waals surface area (Å²) in [5, 5.41) is 0. The van der Waals surface area contributed by atoms with Crippen LogP contribution in [-0.2, 0) is 25.5 Å². The Hall–Kier alpha value is -3.32. The molecule has 34 heavy (non-hydrogen) atoms. The summed E-state index contributed by atoms with van der Waals surface area (Å²) in [5.74, 6) is 0. The molecule has 0 aliphatic carbocycles. The fourth-order valence-corrected chi connectivity index (χ4v) is 3.53. The molecule has 2 heteroatoms. The summed E-state index contributed by atoms with van der Waals surface area (Å²) in [4.78, 5) is 4.10. The van der Waals surface area contributed by atoms with E-state index in [2.05, 4.69) is 85.6 Å². The van der Waals surface area contributed by atoms with Crippen LogP contribution in [0.15, 0.2) is 121 Å². The molecule has 0 N–H and O–H groups in total. The van der Waals surface area contributed by atoms with E-state index in [1.165, 1.54) is 17.2 Å². The average Bonchev–Trinajstić information content (AvgIpc) is 2.93. The van der Waals surface area contributed by atoms with Crippen molar-refractivity contribution in [3.05, 3.63) is 151 Å². The van der Waals surface area contributed by atoms with E-state index in [-0.39, 0.29) is 43.6 Å². The predicted molar refractivity (Wildman–Crippen MR) is 137 cm³/mol. The minimum atomic E-state index is -0.102. The first-order chi connectivity index (χ1) is 17.4. The van der Waals surface area contributed by atoms with Crippen LogP contribution >= 0.6 is 0 Å². The van der Waals surface area contributed by atoms with Crippen LogP contribution in [0.5, 0.6) is 0 Å². The standard InChI is InChI=1S/C21H18.C11H8N.Ir/c1-21(2,19-13-7-4-8-14-19)20-15-9-12-18(16-20)17-10-5-3-6-11-17;1-2-6-10(7-3-1)11-8-4-5-9-12-11;/h3-10,13-16H,1-2H3;1-6,8-9H;/q-2;-1;+3/i;1D,2D,3D;. The van der Waals surface area contributed by atoms with Crippen LogP contribution in [0.2, 0.25) is 0 Å². The zero-order chi connectivity index (χ0) is 25.5. The largest absolute Gasteiger partial charge is 3.00 e. The van der Waals surface area contributed by atoms with Gasteiger partial charge in [0.1, 0.15) is 0 Å². The third-order valence-electron chi connectivity index (χ3n) is 5.51. The maximum atomic E-state index is 7.50. The van der Waals surface area contributed by atoms with Gasteiger partial charge in [0, 0.05) is 8.94 Å². The maximum Gasteiger partial charge on any atom is 3.00 e. The monoisotopic (exact) mass is 620 g/mol. The fourth-order valence-electron chi connectivity index (χ4n) is 3.53. The van der Waals surface area contributed by atoms with Gasteiger partial charge in [-0.2, -0.15) is 42.5 Å². The molecule has 1 aromatic heterocycles. The predicted octanol–water partition coefficient (Wildman–Crippen LogP) is 7.83. The first-order valence-electron chi connectivity index (χ1n) is 12.3.